The number of pyridine rings is 1. The predicted octanol–water partition coefficient (Wildman–Crippen LogP) is 2.32. The quantitative estimate of drug-likeness (QED) is 0.875. The summed E-state index contributed by atoms with van der Waals surface area (Å²) in [5.74, 6) is 0.933. The Hall–Kier alpha value is -1.14. The van der Waals surface area contributed by atoms with E-state index in [1.807, 2.05) is 6.92 Å². The van der Waals surface area contributed by atoms with Gasteiger partial charge in [0.25, 0.3) is 0 Å². The van der Waals surface area contributed by atoms with Crippen molar-refractivity contribution >= 4 is 15.8 Å². The van der Waals surface area contributed by atoms with Crippen LogP contribution in [0.3, 0.4) is 0 Å². The largest absolute Gasteiger partial charge is 0.369 e. The lowest BCUT2D eigenvalue weighted by molar-refractivity contribution is 0.387. The summed E-state index contributed by atoms with van der Waals surface area (Å²) in [6.07, 6.45) is 6.30. The second kappa shape index (κ2) is 6.54. The minimum absolute atomic E-state index is 0.266. The van der Waals surface area contributed by atoms with E-state index in [0.717, 1.165) is 12.8 Å². The zero-order valence-corrected chi connectivity index (χ0v) is 13.0. The Morgan fingerprint density at radius 3 is 2.75 bits per heavy atom. The highest BCUT2D eigenvalue weighted by Gasteiger charge is 2.27. The third-order valence-corrected chi connectivity index (χ3v) is 5.65. The van der Waals surface area contributed by atoms with Crippen LogP contribution in [0.5, 0.6) is 0 Å². The maximum Gasteiger partial charge on any atom is 0.246 e. The molecule has 1 aliphatic rings. The van der Waals surface area contributed by atoms with Gasteiger partial charge in [-0.2, -0.15) is 0 Å². The summed E-state index contributed by atoms with van der Waals surface area (Å²) in [5.41, 5.74) is 0. The molecule has 0 atom stereocenters. The molecule has 0 spiro atoms. The van der Waals surface area contributed by atoms with Crippen LogP contribution >= 0.6 is 0 Å². The Kier molecular flexibility index (Phi) is 4.99. The SMILES string of the molecule is CCNc1ncccc1S(=O)(=O)N(C)CC1CCCC1. The second-order valence-electron chi connectivity index (χ2n) is 5.32. The normalized spacial score (nSPS) is 16.8. The number of hydrogen-bond donors (Lipinski definition) is 1. The summed E-state index contributed by atoms with van der Waals surface area (Å²) in [6, 6.07) is 3.28. The summed E-state index contributed by atoms with van der Waals surface area (Å²) in [5, 5.41) is 3.01. The van der Waals surface area contributed by atoms with Gasteiger partial charge in [0.2, 0.25) is 10.0 Å². The van der Waals surface area contributed by atoms with Crippen molar-refractivity contribution in [3.05, 3.63) is 18.3 Å². The second-order valence-corrected chi connectivity index (χ2v) is 7.33. The topological polar surface area (TPSA) is 62.3 Å². The van der Waals surface area contributed by atoms with Crippen LogP contribution in [0.2, 0.25) is 0 Å². The highest BCUT2D eigenvalue weighted by molar-refractivity contribution is 7.89. The van der Waals surface area contributed by atoms with Crippen molar-refractivity contribution in [2.75, 3.05) is 25.5 Å². The van der Waals surface area contributed by atoms with Crippen molar-refractivity contribution in [2.24, 2.45) is 5.92 Å². The third kappa shape index (κ3) is 3.30. The van der Waals surface area contributed by atoms with E-state index in [9.17, 15) is 8.42 Å². The molecule has 0 unspecified atom stereocenters. The maximum absolute atomic E-state index is 12.7. The standard InChI is InChI=1S/C14H23N3O2S/c1-3-15-14-13(9-6-10-16-14)20(18,19)17(2)11-12-7-4-5-8-12/h6,9-10,12H,3-5,7-8,11H2,1-2H3,(H,15,16). The van der Waals surface area contributed by atoms with Gasteiger partial charge in [-0.05, 0) is 37.8 Å². The van der Waals surface area contributed by atoms with Crippen LogP contribution in [0.25, 0.3) is 0 Å². The predicted molar refractivity (Wildman–Crippen MR) is 80.2 cm³/mol. The van der Waals surface area contributed by atoms with E-state index in [4.69, 9.17) is 0 Å². The fourth-order valence-electron chi connectivity index (χ4n) is 2.72. The first-order valence-corrected chi connectivity index (χ1v) is 8.65. The van der Waals surface area contributed by atoms with Gasteiger partial charge in [0.1, 0.15) is 10.7 Å². The molecule has 1 aliphatic carbocycles. The van der Waals surface area contributed by atoms with Crippen LogP contribution in [0.15, 0.2) is 23.2 Å². The van der Waals surface area contributed by atoms with Crippen molar-refractivity contribution < 1.29 is 8.42 Å². The van der Waals surface area contributed by atoms with Crippen molar-refractivity contribution in [2.45, 2.75) is 37.5 Å². The number of nitrogens with one attached hydrogen (secondary N) is 1. The van der Waals surface area contributed by atoms with Gasteiger partial charge in [-0.1, -0.05) is 12.8 Å². The Balaban J connectivity index is 2.20. The van der Waals surface area contributed by atoms with E-state index in [-0.39, 0.29) is 4.90 Å². The first-order chi connectivity index (χ1) is 9.55. The molecule has 1 heterocycles. The molecule has 0 amide bonds. The Morgan fingerprint density at radius 2 is 2.10 bits per heavy atom. The molecule has 20 heavy (non-hydrogen) atoms. The van der Waals surface area contributed by atoms with E-state index >= 15 is 0 Å². The van der Waals surface area contributed by atoms with Crippen molar-refractivity contribution in [3.63, 3.8) is 0 Å². The molecule has 6 heteroatoms. The molecule has 0 bridgehead atoms. The molecular formula is C14H23N3O2S. The minimum atomic E-state index is -3.47. The Labute approximate surface area is 121 Å². The summed E-state index contributed by atoms with van der Waals surface area (Å²) >= 11 is 0. The number of anilines is 1. The fraction of sp³-hybridized carbons (Fsp3) is 0.643. The molecular weight excluding hydrogens is 274 g/mol. The molecule has 1 aromatic heterocycles. The van der Waals surface area contributed by atoms with Gasteiger partial charge in [0, 0.05) is 26.3 Å². The summed E-state index contributed by atoms with van der Waals surface area (Å²) in [6.45, 7) is 3.17. The van der Waals surface area contributed by atoms with Gasteiger partial charge >= 0.3 is 0 Å². The number of aromatic nitrogens is 1. The van der Waals surface area contributed by atoms with Crippen LogP contribution in [0.1, 0.15) is 32.6 Å². The van der Waals surface area contributed by atoms with Crippen molar-refractivity contribution in [3.8, 4) is 0 Å². The third-order valence-electron chi connectivity index (χ3n) is 3.79. The molecule has 0 radical (unpaired) electrons. The van der Waals surface area contributed by atoms with Gasteiger partial charge in [-0.25, -0.2) is 17.7 Å². The summed E-state index contributed by atoms with van der Waals surface area (Å²) in [7, 11) is -1.81. The average molecular weight is 297 g/mol. The summed E-state index contributed by atoms with van der Waals surface area (Å²) < 4.78 is 26.8. The molecule has 112 valence electrons. The molecule has 0 saturated heterocycles. The van der Waals surface area contributed by atoms with E-state index in [2.05, 4.69) is 10.3 Å². The van der Waals surface area contributed by atoms with E-state index < -0.39 is 10.0 Å². The first kappa shape index (κ1) is 15.3. The Morgan fingerprint density at radius 1 is 1.40 bits per heavy atom. The van der Waals surface area contributed by atoms with Crippen LogP contribution < -0.4 is 5.32 Å². The number of hydrogen-bond acceptors (Lipinski definition) is 4. The van der Waals surface area contributed by atoms with Crippen LogP contribution in [-0.4, -0.2) is 37.8 Å². The van der Waals surface area contributed by atoms with Crippen LogP contribution in [-0.2, 0) is 10.0 Å². The number of nitrogens with zero attached hydrogens (tertiary/aromatic N) is 2. The molecule has 1 fully saturated rings. The first-order valence-electron chi connectivity index (χ1n) is 7.21. The van der Waals surface area contributed by atoms with Crippen molar-refractivity contribution in [1.82, 2.24) is 9.29 Å². The molecule has 2 rings (SSSR count). The van der Waals surface area contributed by atoms with Crippen molar-refractivity contribution in [1.29, 1.82) is 0 Å². The van der Waals surface area contributed by atoms with Gasteiger partial charge in [-0.3, -0.25) is 0 Å². The van der Waals surface area contributed by atoms with Gasteiger partial charge in [0.15, 0.2) is 0 Å². The van der Waals surface area contributed by atoms with Gasteiger partial charge in [0.05, 0.1) is 0 Å². The summed E-state index contributed by atoms with van der Waals surface area (Å²) in [4.78, 5) is 4.40. The number of rotatable bonds is 6. The van der Waals surface area contributed by atoms with Crippen LogP contribution in [0, 0.1) is 5.92 Å². The fourth-order valence-corrected chi connectivity index (χ4v) is 4.08. The van der Waals surface area contributed by atoms with Gasteiger partial charge < -0.3 is 5.32 Å². The Bertz CT molecular complexity index is 539. The molecule has 0 aromatic carbocycles. The molecule has 1 saturated carbocycles. The smallest absolute Gasteiger partial charge is 0.246 e. The maximum atomic E-state index is 12.7. The van der Waals surface area contributed by atoms with E-state index in [1.54, 1.807) is 25.4 Å². The lowest BCUT2D eigenvalue weighted by Crippen LogP contribution is -2.31. The zero-order chi connectivity index (χ0) is 14.6. The lowest BCUT2D eigenvalue weighted by Gasteiger charge is -2.21. The molecule has 1 aromatic rings. The molecule has 0 aliphatic heterocycles. The zero-order valence-electron chi connectivity index (χ0n) is 12.2. The highest BCUT2D eigenvalue weighted by Crippen LogP contribution is 2.28. The highest BCUT2D eigenvalue weighted by atomic mass is 32.2. The lowest BCUT2D eigenvalue weighted by atomic mass is 10.1. The van der Waals surface area contributed by atoms with Gasteiger partial charge in [-0.15, -0.1) is 0 Å². The molecule has 5 nitrogen and oxygen atoms in total. The average Bonchev–Trinajstić information content (AvgIpc) is 2.92. The monoisotopic (exact) mass is 297 g/mol. The van der Waals surface area contributed by atoms with E-state index in [0.29, 0.717) is 24.8 Å². The van der Waals surface area contributed by atoms with E-state index in [1.165, 1.54) is 17.1 Å². The van der Waals surface area contributed by atoms with Crippen LogP contribution in [0.4, 0.5) is 5.82 Å². The molecule has 1 N–H and O–H groups in total. The minimum Gasteiger partial charge on any atom is -0.369 e. The number of sulfonamides is 1.